The number of fused-ring (bicyclic) bond motifs is 6. The molecule has 0 saturated heterocycles. The third-order valence-corrected chi connectivity index (χ3v) is 7.61. The van der Waals surface area contributed by atoms with Gasteiger partial charge in [0.05, 0.1) is 30.9 Å². The number of pyridine rings is 1. The first kappa shape index (κ1) is 22.9. The second-order valence-electron chi connectivity index (χ2n) is 9.66. The van der Waals surface area contributed by atoms with Crippen molar-refractivity contribution in [2.24, 2.45) is 0 Å². The number of benzene rings is 2. The normalized spacial score (nSPS) is 16.3. The zero-order chi connectivity index (χ0) is 24.8. The van der Waals surface area contributed by atoms with Crippen LogP contribution in [0.2, 0.25) is 0 Å². The van der Waals surface area contributed by atoms with E-state index in [0.29, 0.717) is 68.7 Å². The molecule has 1 aliphatic heterocycles. The number of rotatable bonds is 7. The monoisotopic (exact) mass is 490 g/mol. The Morgan fingerprint density at radius 1 is 0.917 bits per heavy atom. The highest BCUT2D eigenvalue weighted by molar-refractivity contribution is 6.27. The van der Waals surface area contributed by atoms with Crippen LogP contribution in [0.1, 0.15) is 54.4 Å². The number of nitrogens with one attached hydrogen (secondary N) is 1. The molecule has 2 aromatic carbocycles. The number of aromatic nitrogens is 1. The van der Waals surface area contributed by atoms with Gasteiger partial charge in [0, 0.05) is 29.1 Å². The van der Waals surface area contributed by atoms with Crippen LogP contribution in [-0.2, 0) is 6.54 Å². The molecule has 1 saturated carbocycles. The molecule has 0 unspecified atom stereocenters. The van der Waals surface area contributed by atoms with Gasteiger partial charge in [-0.2, -0.15) is 0 Å². The largest absolute Gasteiger partial charge is 0.493 e. The molecule has 2 aliphatic carbocycles. The van der Waals surface area contributed by atoms with Gasteiger partial charge in [-0.05, 0) is 50.1 Å². The van der Waals surface area contributed by atoms with Gasteiger partial charge in [0.2, 0.25) is 6.79 Å². The molecule has 36 heavy (non-hydrogen) atoms. The topological polar surface area (TPSA) is 88.0 Å². The quantitative estimate of drug-likeness (QED) is 0.387. The van der Waals surface area contributed by atoms with Crippen LogP contribution >= 0.6 is 0 Å². The average molecular weight is 491 g/mol. The summed E-state index contributed by atoms with van der Waals surface area (Å²) in [5.41, 5.74) is 2.21. The fourth-order valence-corrected chi connectivity index (χ4v) is 5.81. The van der Waals surface area contributed by atoms with Crippen molar-refractivity contribution >= 4 is 16.6 Å². The SMILES string of the molecule is COc1cc2c3c(n(CCCNC4CCCCC4)c(=O)c2cc1OC)-c1cc2c(cc1C3=O)OCO2. The molecule has 0 bridgehead atoms. The summed E-state index contributed by atoms with van der Waals surface area (Å²) < 4.78 is 23.8. The molecule has 8 nitrogen and oxygen atoms in total. The molecule has 1 N–H and O–H groups in total. The smallest absolute Gasteiger partial charge is 0.259 e. The summed E-state index contributed by atoms with van der Waals surface area (Å²) in [6.07, 6.45) is 7.06. The van der Waals surface area contributed by atoms with Crippen molar-refractivity contribution in [2.75, 3.05) is 27.6 Å². The molecule has 8 heteroatoms. The van der Waals surface area contributed by atoms with Crippen molar-refractivity contribution < 1.29 is 23.7 Å². The highest BCUT2D eigenvalue weighted by Crippen LogP contribution is 2.46. The number of methoxy groups -OCH3 is 2. The number of hydrogen-bond donors (Lipinski definition) is 1. The second-order valence-corrected chi connectivity index (χ2v) is 9.66. The standard InChI is InChI=1S/C28H30N2O6/c1-33-21-11-17-20(14-22(21)34-2)28(32)30(10-6-9-29-16-7-4-3-5-8-16)26-18-12-23-24(36-15-35-23)13-19(18)27(31)25(17)26/h11-14,16,29H,3-10,15H2,1-2H3. The Morgan fingerprint density at radius 2 is 1.58 bits per heavy atom. The highest BCUT2D eigenvalue weighted by Gasteiger charge is 2.35. The molecule has 1 aromatic heterocycles. The van der Waals surface area contributed by atoms with Gasteiger partial charge in [-0.1, -0.05) is 19.3 Å². The Hall–Kier alpha value is -3.52. The van der Waals surface area contributed by atoms with Gasteiger partial charge in [0.25, 0.3) is 5.56 Å². The van der Waals surface area contributed by atoms with Crippen LogP contribution in [0.15, 0.2) is 29.1 Å². The van der Waals surface area contributed by atoms with E-state index in [9.17, 15) is 9.59 Å². The minimum absolute atomic E-state index is 0.119. The predicted molar refractivity (Wildman–Crippen MR) is 136 cm³/mol. The molecule has 2 heterocycles. The molecule has 0 spiro atoms. The van der Waals surface area contributed by atoms with Gasteiger partial charge >= 0.3 is 0 Å². The second kappa shape index (κ2) is 9.17. The van der Waals surface area contributed by atoms with Crippen LogP contribution in [0.4, 0.5) is 0 Å². The first-order valence-electron chi connectivity index (χ1n) is 12.7. The van der Waals surface area contributed by atoms with E-state index in [-0.39, 0.29) is 18.1 Å². The number of carbonyl (C=O) groups is 1. The summed E-state index contributed by atoms with van der Waals surface area (Å²) in [7, 11) is 3.08. The summed E-state index contributed by atoms with van der Waals surface area (Å²) in [6.45, 7) is 1.43. The van der Waals surface area contributed by atoms with E-state index >= 15 is 0 Å². The van der Waals surface area contributed by atoms with Gasteiger partial charge in [-0.3, -0.25) is 9.59 Å². The van der Waals surface area contributed by atoms with E-state index in [1.165, 1.54) is 39.2 Å². The zero-order valence-electron chi connectivity index (χ0n) is 20.6. The molecule has 0 radical (unpaired) electrons. The summed E-state index contributed by atoms with van der Waals surface area (Å²) in [4.78, 5) is 27.6. The van der Waals surface area contributed by atoms with E-state index in [0.717, 1.165) is 13.0 Å². The average Bonchev–Trinajstić information content (AvgIpc) is 3.48. The summed E-state index contributed by atoms with van der Waals surface area (Å²) >= 11 is 0. The van der Waals surface area contributed by atoms with E-state index < -0.39 is 0 Å². The molecule has 6 rings (SSSR count). The Bertz CT molecular complexity index is 1420. The number of carbonyl (C=O) groups excluding carboxylic acids is 1. The van der Waals surface area contributed by atoms with Crippen LogP contribution in [-0.4, -0.2) is 43.9 Å². The van der Waals surface area contributed by atoms with Crippen LogP contribution in [0.5, 0.6) is 23.0 Å². The minimum Gasteiger partial charge on any atom is -0.493 e. The lowest BCUT2D eigenvalue weighted by atomic mass is 9.95. The summed E-state index contributed by atoms with van der Waals surface area (Å²) in [6, 6.07) is 7.51. The lowest BCUT2D eigenvalue weighted by molar-refractivity contribution is 0.104. The number of hydrogen-bond acceptors (Lipinski definition) is 7. The number of nitrogens with zero attached hydrogens (tertiary/aromatic N) is 1. The first-order chi connectivity index (χ1) is 17.6. The van der Waals surface area contributed by atoms with Gasteiger partial charge in [0.15, 0.2) is 28.8 Å². The Morgan fingerprint density at radius 3 is 2.28 bits per heavy atom. The Kier molecular flexibility index (Phi) is 5.84. The fraction of sp³-hybridized carbons (Fsp3) is 0.429. The van der Waals surface area contributed by atoms with Gasteiger partial charge in [-0.15, -0.1) is 0 Å². The zero-order valence-corrected chi connectivity index (χ0v) is 20.6. The molecule has 188 valence electrons. The van der Waals surface area contributed by atoms with Gasteiger partial charge in [-0.25, -0.2) is 0 Å². The maximum absolute atomic E-state index is 13.9. The lowest BCUT2D eigenvalue weighted by Gasteiger charge is -2.23. The van der Waals surface area contributed by atoms with Crippen LogP contribution in [0.25, 0.3) is 22.0 Å². The molecule has 3 aromatic rings. The number of ketones is 1. The van der Waals surface area contributed by atoms with Crippen molar-refractivity contribution in [1.82, 2.24) is 9.88 Å². The predicted octanol–water partition coefficient (Wildman–Crippen LogP) is 4.27. The maximum atomic E-state index is 13.9. The van der Waals surface area contributed by atoms with Crippen LogP contribution in [0, 0.1) is 0 Å². The third kappa shape index (κ3) is 3.63. The van der Waals surface area contributed by atoms with Crippen molar-refractivity contribution in [1.29, 1.82) is 0 Å². The van der Waals surface area contributed by atoms with Crippen LogP contribution in [0.3, 0.4) is 0 Å². The maximum Gasteiger partial charge on any atom is 0.259 e. The van der Waals surface area contributed by atoms with Crippen molar-refractivity contribution in [2.45, 2.75) is 51.1 Å². The Labute approximate surface area is 209 Å². The fourth-order valence-electron chi connectivity index (χ4n) is 5.81. The molecule has 1 fully saturated rings. The molecular formula is C28H30N2O6. The lowest BCUT2D eigenvalue weighted by Crippen LogP contribution is -2.33. The Balaban J connectivity index is 1.47. The van der Waals surface area contributed by atoms with Gasteiger partial charge < -0.3 is 28.8 Å². The molecule has 0 atom stereocenters. The van der Waals surface area contributed by atoms with Crippen molar-refractivity contribution in [3.63, 3.8) is 0 Å². The van der Waals surface area contributed by atoms with Crippen LogP contribution < -0.4 is 29.8 Å². The highest BCUT2D eigenvalue weighted by atomic mass is 16.7. The summed E-state index contributed by atoms with van der Waals surface area (Å²) in [5, 5.41) is 4.66. The third-order valence-electron chi connectivity index (χ3n) is 7.61. The van der Waals surface area contributed by atoms with Crippen molar-refractivity contribution in [3.05, 3.63) is 45.7 Å². The summed E-state index contributed by atoms with van der Waals surface area (Å²) in [5.74, 6) is 1.92. The van der Waals surface area contributed by atoms with E-state index in [4.69, 9.17) is 18.9 Å². The number of ether oxygens (including phenoxy) is 4. The van der Waals surface area contributed by atoms with E-state index in [1.807, 2.05) is 6.07 Å². The van der Waals surface area contributed by atoms with Gasteiger partial charge in [0.1, 0.15) is 0 Å². The van der Waals surface area contributed by atoms with E-state index in [2.05, 4.69) is 5.32 Å². The molecule has 3 aliphatic rings. The molecular weight excluding hydrogens is 460 g/mol. The van der Waals surface area contributed by atoms with Crippen molar-refractivity contribution in [3.8, 4) is 34.3 Å². The van der Waals surface area contributed by atoms with E-state index in [1.54, 1.807) is 29.9 Å². The minimum atomic E-state index is -0.152. The molecule has 0 amide bonds. The first-order valence-corrected chi connectivity index (χ1v) is 12.7.